The number of benzene rings is 1. The molecule has 1 aromatic carbocycles. The number of thiophene rings is 1. The van der Waals surface area contributed by atoms with Crippen molar-refractivity contribution in [2.75, 3.05) is 0 Å². The van der Waals surface area contributed by atoms with E-state index in [0.29, 0.717) is 5.56 Å². The Morgan fingerprint density at radius 3 is 2.96 bits per heavy atom. The minimum Gasteiger partial charge on any atom is -0.508 e. The minimum absolute atomic E-state index is 0.138. The van der Waals surface area contributed by atoms with Crippen LogP contribution in [0.1, 0.15) is 16.1 Å². The van der Waals surface area contributed by atoms with E-state index in [9.17, 15) is 9.90 Å². The molecule has 23 heavy (non-hydrogen) atoms. The van der Waals surface area contributed by atoms with E-state index < -0.39 is 5.91 Å². The average molecular weight is 391 g/mol. The Bertz CT molecular complexity index is 872. The zero-order valence-corrected chi connectivity index (χ0v) is 14.1. The maximum absolute atomic E-state index is 12.0. The first-order valence-electron chi connectivity index (χ1n) is 6.55. The van der Waals surface area contributed by atoms with Gasteiger partial charge in [-0.1, -0.05) is 12.1 Å². The number of carbonyl (C=O) groups is 1. The molecule has 0 fully saturated rings. The standard InChI is InChI=1S/C15H11BrN4O2S/c16-14-5-4-13(23-14)11-7-12(19-18-11)15(22)20-17-8-9-2-1-3-10(21)6-9/h1-8,21H,(H,18,19)(H,20,22)/b17-8+. The van der Waals surface area contributed by atoms with Crippen molar-refractivity contribution >= 4 is 39.4 Å². The molecule has 0 radical (unpaired) electrons. The van der Waals surface area contributed by atoms with Crippen molar-refractivity contribution in [2.45, 2.75) is 0 Å². The van der Waals surface area contributed by atoms with E-state index in [1.54, 1.807) is 35.6 Å². The zero-order chi connectivity index (χ0) is 16.2. The van der Waals surface area contributed by atoms with E-state index in [-0.39, 0.29) is 11.4 Å². The molecule has 3 rings (SSSR count). The van der Waals surface area contributed by atoms with E-state index in [1.165, 1.54) is 12.3 Å². The molecule has 0 saturated carbocycles. The van der Waals surface area contributed by atoms with Gasteiger partial charge in [0, 0.05) is 0 Å². The summed E-state index contributed by atoms with van der Waals surface area (Å²) in [6.45, 7) is 0. The van der Waals surface area contributed by atoms with Crippen molar-refractivity contribution in [1.82, 2.24) is 15.6 Å². The third-order valence-electron chi connectivity index (χ3n) is 2.90. The SMILES string of the molecule is O=C(N/N=C/c1cccc(O)c1)c1cc(-c2ccc(Br)s2)[nH]n1. The lowest BCUT2D eigenvalue weighted by Gasteiger charge is -1.96. The highest BCUT2D eigenvalue weighted by Crippen LogP contribution is 2.30. The van der Waals surface area contributed by atoms with Gasteiger partial charge in [0.1, 0.15) is 5.75 Å². The van der Waals surface area contributed by atoms with Crippen LogP contribution in [0.5, 0.6) is 5.75 Å². The Labute approximate surface area is 144 Å². The molecule has 0 atom stereocenters. The summed E-state index contributed by atoms with van der Waals surface area (Å²) in [5.74, 6) is -0.279. The number of hydrogen-bond donors (Lipinski definition) is 3. The van der Waals surface area contributed by atoms with Crippen molar-refractivity contribution in [2.24, 2.45) is 5.10 Å². The Balaban J connectivity index is 1.66. The van der Waals surface area contributed by atoms with Crippen LogP contribution < -0.4 is 5.43 Å². The third-order valence-corrected chi connectivity index (χ3v) is 4.56. The predicted octanol–water partition coefficient (Wildman–Crippen LogP) is 3.37. The molecule has 6 nitrogen and oxygen atoms in total. The molecule has 3 aromatic rings. The van der Waals surface area contributed by atoms with Gasteiger partial charge < -0.3 is 5.11 Å². The molecular weight excluding hydrogens is 380 g/mol. The van der Waals surface area contributed by atoms with Crippen LogP contribution in [0.25, 0.3) is 10.6 Å². The van der Waals surface area contributed by atoms with Crippen molar-refractivity contribution in [3.8, 4) is 16.3 Å². The number of hydrazone groups is 1. The Kier molecular flexibility index (Phi) is 4.54. The van der Waals surface area contributed by atoms with Gasteiger partial charge in [-0.3, -0.25) is 9.89 Å². The number of halogens is 1. The molecule has 2 heterocycles. The lowest BCUT2D eigenvalue weighted by molar-refractivity contribution is 0.0950. The lowest BCUT2D eigenvalue weighted by Crippen LogP contribution is -2.17. The van der Waals surface area contributed by atoms with Crippen molar-refractivity contribution in [3.63, 3.8) is 0 Å². The van der Waals surface area contributed by atoms with Crippen LogP contribution in [0.4, 0.5) is 0 Å². The number of phenolic OH excluding ortho intramolecular Hbond substituents is 1. The van der Waals surface area contributed by atoms with Crippen molar-refractivity contribution in [3.05, 3.63) is 57.5 Å². The maximum atomic E-state index is 12.0. The smallest absolute Gasteiger partial charge is 0.291 e. The maximum Gasteiger partial charge on any atom is 0.291 e. The molecule has 2 aromatic heterocycles. The largest absolute Gasteiger partial charge is 0.508 e. The molecule has 0 aliphatic carbocycles. The summed E-state index contributed by atoms with van der Waals surface area (Å²) in [4.78, 5) is 13.0. The molecule has 1 amide bonds. The van der Waals surface area contributed by atoms with E-state index >= 15 is 0 Å². The summed E-state index contributed by atoms with van der Waals surface area (Å²) in [5.41, 5.74) is 4.09. The van der Waals surface area contributed by atoms with Crippen LogP contribution in [-0.4, -0.2) is 27.4 Å². The van der Waals surface area contributed by atoms with E-state index in [1.807, 2.05) is 12.1 Å². The molecule has 0 aliphatic heterocycles. The molecule has 0 bridgehead atoms. The van der Waals surface area contributed by atoms with Crippen molar-refractivity contribution < 1.29 is 9.90 Å². The van der Waals surface area contributed by atoms with Gasteiger partial charge >= 0.3 is 0 Å². The van der Waals surface area contributed by atoms with Crippen LogP contribution >= 0.6 is 27.3 Å². The quantitative estimate of drug-likeness (QED) is 0.471. The molecule has 0 aliphatic rings. The number of hydrogen-bond acceptors (Lipinski definition) is 5. The first kappa shape index (κ1) is 15.4. The number of aromatic hydroxyl groups is 1. The second kappa shape index (κ2) is 6.76. The third kappa shape index (κ3) is 3.85. The molecule has 116 valence electrons. The fourth-order valence-corrected chi connectivity index (χ4v) is 3.20. The summed E-state index contributed by atoms with van der Waals surface area (Å²) in [6, 6.07) is 12.1. The highest BCUT2D eigenvalue weighted by atomic mass is 79.9. The fourth-order valence-electron chi connectivity index (χ4n) is 1.85. The average Bonchev–Trinajstić information content (AvgIpc) is 3.16. The summed E-state index contributed by atoms with van der Waals surface area (Å²) >= 11 is 4.94. The number of phenols is 1. The lowest BCUT2D eigenvalue weighted by atomic mass is 10.2. The Morgan fingerprint density at radius 1 is 1.35 bits per heavy atom. The molecule has 0 spiro atoms. The molecule has 3 N–H and O–H groups in total. The minimum atomic E-state index is -0.417. The number of rotatable bonds is 4. The normalized spacial score (nSPS) is 11.0. The second-order valence-electron chi connectivity index (χ2n) is 4.56. The van der Waals surface area contributed by atoms with Crippen LogP contribution in [-0.2, 0) is 0 Å². The van der Waals surface area contributed by atoms with Crippen LogP contribution in [0.15, 0.2) is 51.4 Å². The second-order valence-corrected chi connectivity index (χ2v) is 7.03. The first-order valence-corrected chi connectivity index (χ1v) is 8.16. The Hall–Kier alpha value is -2.45. The molecular formula is C15H11BrN4O2S. The first-order chi connectivity index (χ1) is 11.1. The van der Waals surface area contributed by atoms with Crippen molar-refractivity contribution in [1.29, 1.82) is 0 Å². The summed E-state index contributed by atoms with van der Waals surface area (Å²) in [7, 11) is 0. The van der Waals surface area contributed by atoms with Crippen LogP contribution in [0.3, 0.4) is 0 Å². The van der Waals surface area contributed by atoms with Crippen LogP contribution in [0, 0.1) is 0 Å². The summed E-state index contributed by atoms with van der Waals surface area (Å²) in [5, 5.41) is 20.0. The molecule has 8 heteroatoms. The topological polar surface area (TPSA) is 90.4 Å². The van der Waals surface area contributed by atoms with Gasteiger partial charge in [0.15, 0.2) is 5.69 Å². The number of H-pyrrole nitrogens is 1. The Morgan fingerprint density at radius 2 is 2.22 bits per heavy atom. The summed E-state index contributed by atoms with van der Waals surface area (Å²) in [6.07, 6.45) is 1.45. The van der Waals surface area contributed by atoms with E-state index in [4.69, 9.17) is 0 Å². The fraction of sp³-hybridized carbons (Fsp3) is 0. The predicted molar refractivity (Wildman–Crippen MR) is 92.8 cm³/mol. The highest BCUT2D eigenvalue weighted by Gasteiger charge is 2.11. The van der Waals surface area contributed by atoms with Gasteiger partial charge in [-0.05, 0) is 51.8 Å². The highest BCUT2D eigenvalue weighted by molar-refractivity contribution is 9.11. The number of nitrogens with zero attached hydrogens (tertiary/aromatic N) is 2. The van der Waals surface area contributed by atoms with Crippen LogP contribution in [0.2, 0.25) is 0 Å². The monoisotopic (exact) mass is 390 g/mol. The van der Waals surface area contributed by atoms with E-state index in [2.05, 4.69) is 36.7 Å². The molecule has 0 unspecified atom stereocenters. The number of aromatic nitrogens is 2. The zero-order valence-electron chi connectivity index (χ0n) is 11.7. The van der Waals surface area contributed by atoms with Gasteiger partial charge in [-0.15, -0.1) is 11.3 Å². The molecule has 0 saturated heterocycles. The summed E-state index contributed by atoms with van der Waals surface area (Å²) < 4.78 is 1.00. The number of carbonyl (C=O) groups excluding carboxylic acids is 1. The van der Waals surface area contributed by atoms with Gasteiger partial charge in [0.2, 0.25) is 0 Å². The number of nitrogens with one attached hydrogen (secondary N) is 2. The number of amides is 1. The van der Waals surface area contributed by atoms with Gasteiger partial charge in [0.05, 0.1) is 20.6 Å². The van der Waals surface area contributed by atoms with E-state index in [0.717, 1.165) is 14.4 Å². The van der Waals surface area contributed by atoms with Gasteiger partial charge in [0.25, 0.3) is 5.91 Å². The van der Waals surface area contributed by atoms with Gasteiger partial charge in [-0.2, -0.15) is 10.2 Å². The number of aromatic amines is 1. The van der Waals surface area contributed by atoms with Gasteiger partial charge in [-0.25, -0.2) is 5.43 Å².